The zero-order valence-electron chi connectivity index (χ0n) is 9.51. The van der Waals surface area contributed by atoms with Gasteiger partial charge in [-0.2, -0.15) is 0 Å². The maximum Gasteiger partial charge on any atom is 0.143 e. The van der Waals surface area contributed by atoms with Crippen molar-refractivity contribution in [1.29, 1.82) is 0 Å². The zero-order valence-corrected chi connectivity index (χ0v) is 11.0. The van der Waals surface area contributed by atoms with Crippen molar-refractivity contribution in [3.05, 3.63) is 33.8 Å². The standard InChI is InChI=1S/C11H15Cl2N3/c1-11(2,3)15-10(16-14)7-4-5-8(12)9(13)6-7/h4-6H,14H2,1-3H3,(H,15,16). The fourth-order valence-electron chi connectivity index (χ4n) is 1.16. The molecular formula is C11H15Cl2N3. The van der Waals surface area contributed by atoms with Gasteiger partial charge in [0.1, 0.15) is 5.84 Å². The van der Waals surface area contributed by atoms with Crippen molar-refractivity contribution < 1.29 is 0 Å². The molecule has 0 heterocycles. The summed E-state index contributed by atoms with van der Waals surface area (Å²) in [5.74, 6) is 6.03. The highest BCUT2D eigenvalue weighted by molar-refractivity contribution is 6.42. The minimum Gasteiger partial charge on any atom is -0.308 e. The van der Waals surface area contributed by atoms with Crippen LogP contribution in [-0.2, 0) is 0 Å². The second kappa shape index (κ2) is 5.04. The molecule has 0 spiro atoms. The van der Waals surface area contributed by atoms with E-state index in [0.29, 0.717) is 15.9 Å². The Bertz CT molecular complexity index is 408. The molecule has 0 aromatic heterocycles. The molecule has 16 heavy (non-hydrogen) atoms. The SMILES string of the molecule is CC(C)(C)N=C(NN)c1ccc(Cl)c(Cl)c1. The third-order valence-corrected chi connectivity index (χ3v) is 2.52. The molecule has 0 saturated carbocycles. The van der Waals surface area contributed by atoms with Crippen LogP contribution in [0.1, 0.15) is 26.3 Å². The summed E-state index contributed by atoms with van der Waals surface area (Å²) in [6.07, 6.45) is 0. The van der Waals surface area contributed by atoms with Gasteiger partial charge < -0.3 is 5.43 Å². The molecule has 1 rings (SSSR count). The first-order valence-corrected chi connectivity index (χ1v) is 5.61. The Morgan fingerprint density at radius 2 is 1.88 bits per heavy atom. The number of rotatable bonds is 1. The number of amidine groups is 1. The smallest absolute Gasteiger partial charge is 0.143 e. The van der Waals surface area contributed by atoms with E-state index >= 15 is 0 Å². The first-order chi connectivity index (χ1) is 7.33. The van der Waals surface area contributed by atoms with E-state index in [0.717, 1.165) is 5.56 Å². The van der Waals surface area contributed by atoms with Gasteiger partial charge in [-0.05, 0) is 39.0 Å². The van der Waals surface area contributed by atoms with Gasteiger partial charge in [0, 0.05) is 5.56 Å². The predicted molar refractivity (Wildman–Crippen MR) is 70.1 cm³/mol. The molecule has 0 aliphatic carbocycles. The summed E-state index contributed by atoms with van der Waals surface area (Å²) in [5.41, 5.74) is 3.17. The van der Waals surface area contributed by atoms with Crippen molar-refractivity contribution in [2.75, 3.05) is 0 Å². The number of hydrogen-bond acceptors (Lipinski definition) is 2. The number of nitrogens with zero attached hydrogens (tertiary/aromatic N) is 1. The third kappa shape index (κ3) is 3.67. The zero-order chi connectivity index (χ0) is 12.3. The van der Waals surface area contributed by atoms with Crippen molar-refractivity contribution in [2.24, 2.45) is 10.8 Å². The van der Waals surface area contributed by atoms with Gasteiger partial charge in [-0.15, -0.1) is 0 Å². The number of hydrogen-bond donors (Lipinski definition) is 2. The quantitative estimate of drug-likeness (QED) is 0.353. The molecule has 3 nitrogen and oxygen atoms in total. The van der Waals surface area contributed by atoms with Crippen molar-refractivity contribution >= 4 is 29.0 Å². The predicted octanol–water partition coefficient (Wildman–Crippen LogP) is 3.00. The van der Waals surface area contributed by atoms with Crippen LogP contribution in [0.2, 0.25) is 10.0 Å². The van der Waals surface area contributed by atoms with E-state index in [9.17, 15) is 0 Å². The lowest BCUT2D eigenvalue weighted by atomic mass is 10.1. The van der Waals surface area contributed by atoms with Crippen LogP contribution in [0.25, 0.3) is 0 Å². The average Bonchev–Trinajstić information content (AvgIpc) is 2.17. The second-order valence-corrected chi connectivity index (χ2v) is 5.22. The van der Waals surface area contributed by atoms with Gasteiger partial charge in [0.05, 0.1) is 15.6 Å². The Labute approximate surface area is 106 Å². The van der Waals surface area contributed by atoms with E-state index < -0.39 is 0 Å². The first-order valence-electron chi connectivity index (χ1n) is 4.85. The molecule has 0 aliphatic rings. The van der Waals surface area contributed by atoms with Crippen LogP contribution in [0.4, 0.5) is 0 Å². The van der Waals surface area contributed by atoms with Crippen LogP contribution in [0, 0.1) is 0 Å². The van der Waals surface area contributed by atoms with Gasteiger partial charge in [-0.1, -0.05) is 23.2 Å². The molecule has 0 radical (unpaired) electrons. The number of aliphatic imine (C=N–C) groups is 1. The van der Waals surface area contributed by atoms with Crippen molar-refractivity contribution in [1.82, 2.24) is 5.43 Å². The Kier molecular flexibility index (Phi) is 4.19. The number of benzene rings is 1. The Hall–Kier alpha value is -0.770. The van der Waals surface area contributed by atoms with E-state index in [4.69, 9.17) is 29.0 Å². The summed E-state index contributed by atoms with van der Waals surface area (Å²) in [5, 5.41) is 0.994. The molecule has 3 N–H and O–H groups in total. The highest BCUT2D eigenvalue weighted by atomic mass is 35.5. The largest absolute Gasteiger partial charge is 0.308 e. The molecule has 0 bridgehead atoms. The highest BCUT2D eigenvalue weighted by Crippen LogP contribution is 2.23. The second-order valence-electron chi connectivity index (χ2n) is 4.40. The summed E-state index contributed by atoms with van der Waals surface area (Å²) in [4.78, 5) is 4.45. The fraction of sp³-hybridized carbons (Fsp3) is 0.364. The molecular weight excluding hydrogens is 245 g/mol. The summed E-state index contributed by atoms with van der Waals surface area (Å²) in [7, 11) is 0. The topological polar surface area (TPSA) is 50.4 Å². The molecule has 0 amide bonds. The normalized spacial score (nSPS) is 12.8. The van der Waals surface area contributed by atoms with Gasteiger partial charge in [0.15, 0.2) is 0 Å². The monoisotopic (exact) mass is 259 g/mol. The van der Waals surface area contributed by atoms with Crippen molar-refractivity contribution in [3.63, 3.8) is 0 Å². The van der Waals surface area contributed by atoms with E-state index in [1.54, 1.807) is 12.1 Å². The summed E-state index contributed by atoms with van der Waals surface area (Å²) >= 11 is 11.8. The molecule has 0 saturated heterocycles. The fourth-order valence-corrected chi connectivity index (χ4v) is 1.46. The Balaban J connectivity index is 3.15. The molecule has 5 heteroatoms. The number of hydrazine groups is 1. The average molecular weight is 260 g/mol. The summed E-state index contributed by atoms with van der Waals surface area (Å²) < 4.78 is 0. The minimum absolute atomic E-state index is 0.214. The maximum absolute atomic E-state index is 5.93. The van der Waals surface area contributed by atoms with Gasteiger partial charge in [0.25, 0.3) is 0 Å². The van der Waals surface area contributed by atoms with Gasteiger partial charge in [0.2, 0.25) is 0 Å². The van der Waals surface area contributed by atoms with Crippen molar-refractivity contribution in [3.8, 4) is 0 Å². The van der Waals surface area contributed by atoms with Crippen LogP contribution < -0.4 is 11.3 Å². The maximum atomic E-state index is 5.93. The summed E-state index contributed by atoms with van der Waals surface area (Å²) in [6.45, 7) is 5.96. The molecule has 88 valence electrons. The molecule has 0 aliphatic heterocycles. The van der Waals surface area contributed by atoms with Gasteiger partial charge in [-0.3, -0.25) is 4.99 Å². The molecule has 0 fully saturated rings. The van der Waals surface area contributed by atoms with E-state index in [1.165, 1.54) is 0 Å². The van der Waals surface area contributed by atoms with Crippen LogP contribution in [0.15, 0.2) is 23.2 Å². The Morgan fingerprint density at radius 1 is 1.25 bits per heavy atom. The van der Waals surface area contributed by atoms with Gasteiger partial charge in [-0.25, -0.2) is 5.84 Å². The highest BCUT2D eigenvalue weighted by Gasteiger charge is 2.11. The summed E-state index contributed by atoms with van der Waals surface area (Å²) in [6, 6.07) is 5.27. The number of nitrogens with one attached hydrogen (secondary N) is 1. The van der Waals surface area contributed by atoms with Crippen LogP contribution >= 0.6 is 23.2 Å². The first kappa shape index (κ1) is 13.3. The Morgan fingerprint density at radius 3 is 2.31 bits per heavy atom. The van der Waals surface area contributed by atoms with Crippen LogP contribution in [0.3, 0.4) is 0 Å². The van der Waals surface area contributed by atoms with Crippen molar-refractivity contribution in [2.45, 2.75) is 26.3 Å². The lowest BCUT2D eigenvalue weighted by Crippen LogP contribution is -2.33. The molecule has 0 unspecified atom stereocenters. The molecule has 1 aromatic rings. The van der Waals surface area contributed by atoms with E-state index in [2.05, 4.69) is 10.4 Å². The van der Waals surface area contributed by atoms with Crippen LogP contribution in [-0.4, -0.2) is 11.4 Å². The lowest BCUT2D eigenvalue weighted by molar-refractivity contribution is 0.580. The number of nitrogens with two attached hydrogens (primary N) is 1. The van der Waals surface area contributed by atoms with E-state index in [1.807, 2.05) is 26.8 Å². The minimum atomic E-state index is -0.214. The number of halogens is 2. The third-order valence-electron chi connectivity index (χ3n) is 1.78. The van der Waals surface area contributed by atoms with Gasteiger partial charge >= 0.3 is 0 Å². The molecule has 0 atom stereocenters. The van der Waals surface area contributed by atoms with Crippen LogP contribution in [0.5, 0.6) is 0 Å². The lowest BCUT2D eigenvalue weighted by Gasteiger charge is -2.16. The molecule has 1 aromatic carbocycles. The van der Waals surface area contributed by atoms with E-state index in [-0.39, 0.29) is 5.54 Å².